The standard InChI is InChI=1S/C18H22N4O/c1-21-15-5-3-2-4-13(15)17(20-21)18(23)19-14-10-22-8-11-6-7-12(9-22)16(11)14/h2-5,11-12,14,16H,6-10H2,1H3,(H,19,23). The molecule has 3 aliphatic heterocycles. The molecule has 1 saturated carbocycles. The zero-order valence-electron chi connectivity index (χ0n) is 13.4. The van der Waals surface area contributed by atoms with Crippen LogP contribution in [0.15, 0.2) is 24.3 Å². The van der Waals surface area contributed by atoms with Crippen LogP contribution >= 0.6 is 0 Å². The molecule has 4 aliphatic rings. The molecular formula is C18H22N4O. The predicted octanol–water partition coefficient (Wildman–Crippen LogP) is 1.64. The van der Waals surface area contributed by atoms with Gasteiger partial charge >= 0.3 is 0 Å². The minimum absolute atomic E-state index is 0.0139. The van der Waals surface area contributed by atoms with Crippen molar-refractivity contribution in [3.8, 4) is 0 Å². The summed E-state index contributed by atoms with van der Waals surface area (Å²) in [6.45, 7) is 3.48. The average Bonchev–Trinajstić information content (AvgIpc) is 3.06. The Morgan fingerprint density at radius 3 is 2.70 bits per heavy atom. The van der Waals surface area contributed by atoms with Crippen LogP contribution in [0, 0.1) is 17.8 Å². The van der Waals surface area contributed by atoms with Gasteiger partial charge in [0, 0.05) is 38.1 Å². The second-order valence-corrected chi connectivity index (χ2v) is 7.46. The molecule has 5 heteroatoms. The number of rotatable bonds is 2. The van der Waals surface area contributed by atoms with Crippen molar-refractivity contribution in [1.29, 1.82) is 0 Å². The van der Waals surface area contributed by atoms with Gasteiger partial charge in [0.25, 0.3) is 5.91 Å². The fourth-order valence-corrected chi connectivity index (χ4v) is 5.33. The van der Waals surface area contributed by atoms with Crippen molar-refractivity contribution in [2.75, 3.05) is 19.6 Å². The molecule has 0 radical (unpaired) electrons. The van der Waals surface area contributed by atoms with Crippen LogP contribution in [0.4, 0.5) is 0 Å². The Hall–Kier alpha value is -1.88. The van der Waals surface area contributed by atoms with Crippen LogP contribution in [0.2, 0.25) is 0 Å². The van der Waals surface area contributed by atoms with Gasteiger partial charge in [0.05, 0.1) is 5.52 Å². The molecule has 1 aromatic carbocycles. The Labute approximate surface area is 135 Å². The molecule has 4 fully saturated rings. The second-order valence-electron chi connectivity index (χ2n) is 7.46. The molecule has 23 heavy (non-hydrogen) atoms. The van der Waals surface area contributed by atoms with E-state index in [2.05, 4.69) is 15.3 Å². The zero-order chi connectivity index (χ0) is 15.6. The molecule has 3 saturated heterocycles. The van der Waals surface area contributed by atoms with E-state index in [1.807, 2.05) is 31.3 Å². The lowest BCUT2D eigenvalue weighted by molar-refractivity contribution is 0.00958. The lowest BCUT2D eigenvalue weighted by Crippen LogP contribution is -2.62. The van der Waals surface area contributed by atoms with Gasteiger partial charge in [0.1, 0.15) is 0 Å². The number of hydrogen-bond donors (Lipinski definition) is 1. The number of hydrogen-bond acceptors (Lipinski definition) is 3. The Morgan fingerprint density at radius 1 is 1.17 bits per heavy atom. The maximum atomic E-state index is 12.8. The molecule has 3 unspecified atom stereocenters. The molecular weight excluding hydrogens is 288 g/mol. The summed E-state index contributed by atoms with van der Waals surface area (Å²) in [5.41, 5.74) is 1.57. The highest BCUT2D eigenvalue weighted by Crippen LogP contribution is 2.47. The molecule has 6 rings (SSSR count). The molecule has 1 amide bonds. The van der Waals surface area contributed by atoms with Crippen LogP contribution in [-0.4, -0.2) is 46.3 Å². The van der Waals surface area contributed by atoms with Crippen LogP contribution < -0.4 is 5.32 Å². The van der Waals surface area contributed by atoms with Crippen LogP contribution in [0.25, 0.3) is 10.9 Å². The summed E-state index contributed by atoms with van der Waals surface area (Å²) in [4.78, 5) is 15.4. The minimum atomic E-state index is -0.0139. The van der Waals surface area contributed by atoms with Crippen molar-refractivity contribution in [3.05, 3.63) is 30.0 Å². The third-order valence-electron chi connectivity index (χ3n) is 6.19. The molecule has 4 bridgehead atoms. The second kappa shape index (κ2) is 4.81. The first kappa shape index (κ1) is 13.5. The molecule has 0 spiro atoms. The Kier molecular flexibility index (Phi) is 2.83. The summed E-state index contributed by atoms with van der Waals surface area (Å²) >= 11 is 0. The minimum Gasteiger partial charge on any atom is -0.346 e. The van der Waals surface area contributed by atoms with E-state index in [-0.39, 0.29) is 5.91 Å². The normalized spacial score (nSPS) is 34.9. The van der Waals surface area contributed by atoms with Gasteiger partial charge in [0.2, 0.25) is 0 Å². The SMILES string of the molecule is Cn1nc(C(=O)NC2CN3CC4CCC(C3)C42)c2ccccc21. The number of piperidine rings is 3. The highest BCUT2D eigenvalue weighted by Gasteiger charge is 2.50. The summed E-state index contributed by atoms with van der Waals surface area (Å²) in [6, 6.07) is 8.24. The van der Waals surface area contributed by atoms with Crippen molar-refractivity contribution >= 4 is 16.8 Å². The van der Waals surface area contributed by atoms with Crippen molar-refractivity contribution in [2.45, 2.75) is 18.9 Å². The van der Waals surface area contributed by atoms with Crippen molar-refractivity contribution in [3.63, 3.8) is 0 Å². The first-order valence-corrected chi connectivity index (χ1v) is 8.65. The van der Waals surface area contributed by atoms with E-state index in [0.717, 1.165) is 29.3 Å². The molecule has 5 nitrogen and oxygen atoms in total. The number of aromatic nitrogens is 2. The number of fused-ring (bicyclic) bond motifs is 2. The van der Waals surface area contributed by atoms with Crippen LogP contribution in [0.5, 0.6) is 0 Å². The predicted molar refractivity (Wildman–Crippen MR) is 88.1 cm³/mol. The van der Waals surface area contributed by atoms with E-state index in [0.29, 0.717) is 17.7 Å². The van der Waals surface area contributed by atoms with Crippen LogP contribution in [-0.2, 0) is 7.05 Å². The maximum Gasteiger partial charge on any atom is 0.272 e. The highest BCUT2D eigenvalue weighted by molar-refractivity contribution is 6.04. The van der Waals surface area contributed by atoms with E-state index in [4.69, 9.17) is 0 Å². The first-order chi connectivity index (χ1) is 11.2. The quantitative estimate of drug-likeness (QED) is 0.917. The number of nitrogens with one attached hydrogen (secondary N) is 1. The van der Waals surface area contributed by atoms with Gasteiger partial charge in [-0.2, -0.15) is 5.10 Å². The first-order valence-electron chi connectivity index (χ1n) is 8.65. The number of benzene rings is 1. The van der Waals surface area contributed by atoms with Gasteiger partial charge in [-0.15, -0.1) is 0 Å². The van der Waals surface area contributed by atoms with Crippen molar-refractivity contribution in [2.24, 2.45) is 24.8 Å². The fourth-order valence-electron chi connectivity index (χ4n) is 5.33. The highest BCUT2D eigenvalue weighted by atomic mass is 16.2. The van der Waals surface area contributed by atoms with Crippen molar-refractivity contribution in [1.82, 2.24) is 20.0 Å². The van der Waals surface area contributed by atoms with Gasteiger partial charge in [-0.1, -0.05) is 18.2 Å². The smallest absolute Gasteiger partial charge is 0.272 e. The van der Waals surface area contributed by atoms with E-state index >= 15 is 0 Å². The third-order valence-corrected chi connectivity index (χ3v) is 6.19. The van der Waals surface area contributed by atoms with Crippen LogP contribution in [0.1, 0.15) is 23.3 Å². The summed E-state index contributed by atoms with van der Waals surface area (Å²) in [5.74, 6) is 2.24. The monoisotopic (exact) mass is 310 g/mol. The molecule has 3 atom stereocenters. The Bertz CT molecular complexity index is 768. The lowest BCUT2D eigenvalue weighted by atomic mass is 9.75. The Morgan fingerprint density at radius 2 is 1.91 bits per heavy atom. The van der Waals surface area contributed by atoms with Gasteiger partial charge in [0.15, 0.2) is 5.69 Å². The van der Waals surface area contributed by atoms with E-state index in [9.17, 15) is 4.79 Å². The molecule has 1 aromatic heterocycles. The maximum absolute atomic E-state index is 12.8. The van der Waals surface area contributed by atoms with Gasteiger partial charge in [-0.25, -0.2) is 0 Å². The molecule has 2 aromatic rings. The summed E-state index contributed by atoms with van der Waals surface area (Å²) in [5, 5.41) is 8.72. The number of aryl methyl sites for hydroxylation is 1. The molecule has 120 valence electrons. The summed E-state index contributed by atoms with van der Waals surface area (Å²) in [7, 11) is 1.90. The van der Waals surface area contributed by atoms with Crippen molar-refractivity contribution < 1.29 is 4.79 Å². The number of carbonyl (C=O) groups excluding carboxylic acids is 1. The molecule has 4 heterocycles. The number of amides is 1. The summed E-state index contributed by atoms with van der Waals surface area (Å²) < 4.78 is 1.80. The topological polar surface area (TPSA) is 50.2 Å². The number of carbonyl (C=O) groups is 1. The average molecular weight is 310 g/mol. The van der Waals surface area contributed by atoms with Crippen LogP contribution in [0.3, 0.4) is 0 Å². The number of para-hydroxylation sites is 1. The Balaban J connectivity index is 1.43. The third kappa shape index (κ3) is 1.96. The molecule has 1 N–H and O–H groups in total. The van der Waals surface area contributed by atoms with Gasteiger partial charge in [-0.3, -0.25) is 9.48 Å². The summed E-state index contributed by atoms with van der Waals surface area (Å²) in [6.07, 6.45) is 2.68. The van der Waals surface area contributed by atoms with E-state index < -0.39 is 0 Å². The van der Waals surface area contributed by atoms with E-state index in [1.165, 1.54) is 25.9 Å². The van der Waals surface area contributed by atoms with E-state index in [1.54, 1.807) is 4.68 Å². The zero-order valence-corrected chi connectivity index (χ0v) is 13.4. The molecule has 1 aliphatic carbocycles. The largest absolute Gasteiger partial charge is 0.346 e. The van der Waals surface area contributed by atoms with Gasteiger partial charge < -0.3 is 10.2 Å². The lowest BCUT2D eigenvalue weighted by Gasteiger charge is -2.49. The van der Waals surface area contributed by atoms with Gasteiger partial charge in [-0.05, 0) is 36.7 Å². The fraction of sp³-hybridized carbons (Fsp3) is 0.556. The number of nitrogens with zero attached hydrogens (tertiary/aromatic N) is 3.